The number of benzene rings is 2. The van der Waals surface area contributed by atoms with Crippen LogP contribution in [-0.4, -0.2) is 0 Å². The highest BCUT2D eigenvalue weighted by Gasteiger charge is 2.03. The minimum absolute atomic E-state index is 0.0187. The molecule has 0 bridgehead atoms. The zero-order valence-corrected chi connectivity index (χ0v) is 8.74. The van der Waals surface area contributed by atoms with Crippen LogP contribution in [0.25, 0.3) is 0 Å². The number of hydrogen-bond acceptors (Lipinski definition) is 2. The normalized spacial score (nSPS) is 9.71. The van der Waals surface area contributed by atoms with Crippen molar-refractivity contribution in [2.75, 3.05) is 5.32 Å². The Morgan fingerprint density at radius 1 is 1.00 bits per heavy atom. The van der Waals surface area contributed by atoms with Crippen molar-refractivity contribution in [2.24, 2.45) is 0 Å². The maximum absolute atomic E-state index is 13.3. The number of halogens is 2. The van der Waals surface area contributed by atoms with E-state index in [1.54, 1.807) is 24.3 Å². The van der Waals surface area contributed by atoms with E-state index in [0.29, 0.717) is 11.4 Å². The van der Waals surface area contributed by atoms with E-state index in [0.717, 1.165) is 0 Å². The van der Waals surface area contributed by atoms with Crippen molar-refractivity contribution in [2.45, 2.75) is 0 Å². The standard InChI is InChI=1S/C13H8F2N2/c14-10-2-1-3-11(6-10)17-12-5-4-9(8-16)13(15)7-12/h1-7,17H. The molecule has 0 unspecified atom stereocenters. The predicted octanol–water partition coefficient (Wildman–Crippen LogP) is 3.58. The van der Waals surface area contributed by atoms with Gasteiger partial charge in [0.25, 0.3) is 0 Å². The van der Waals surface area contributed by atoms with Crippen LogP contribution in [-0.2, 0) is 0 Å². The molecule has 0 saturated carbocycles. The van der Waals surface area contributed by atoms with Gasteiger partial charge in [-0.25, -0.2) is 8.78 Å². The summed E-state index contributed by atoms with van der Waals surface area (Å²) in [4.78, 5) is 0. The maximum atomic E-state index is 13.3. The smallest absolute Gasteiger partial charge is 0.143 e. The lowest BCUT2D eigenvalue weighted by atomic mass is 10.2. The summed E-state index contributed by atoms with van der Waals surface area (Å²) in [7, 11) is 0. The molecule has 0 fully saturated rings. The summed E-state index contributed by atoms with van der Waals surface area (Å²) >= 11 is 0. The molecule has 2 nitrogen and oxygen atoms in total. The molecule has 2 aromatic rings. The Labute approximate surface area is 97.1 Å². The SMILES string of the molecule is N#Cc1ccc(Nc2cccc(F)c2)cc1F. The Hall–Kier alpha value is -2.41. The van der Waals surface area contributed by atoms with Gasteiger partial charge in [-0.1, -0.05) is 6.07 Å². The molecule has 84 valence electrons. The molecule has 0 aliphatic rings. The van der Waals surface area contributed by atoms with Crippen LogP contribution in [0.15, 0.2) is 42.5 Å². The van der Waals surface area contributed by atoms with E-state index >= 15 is 0 Å². The third-order valence-electron chi connectivity index (χ3n) is 2.20. The Kier molecular flexibility index (Phi) is 3.01. The fourth-order valence-electron chi connectivity index (χ4n) is 1.42. The Morgan fingerprint density at radius 2 is 1.76 bits per heavy atom. The second-order valence-electron chi connectivity index (χ2n) is 3.44. The number of nitriles is 1. The number of nitrogens with zero attached hydrogens (tertiary/aromatic N) is 1. The summed E-state index contributed by atoms with van der Waals surface area (Å²) in [6, 6.07) is 11.7. The molecule has 2 aromatic carbocycles. The first kappa shape index (κ1) is 11.1. The van der Waals surface area contributed by atoms with Crippen molar-refractivity contribution in [3.63, 3.8) is 0 Å². The van der Waals surface area contributed by atoms with Gasteiger partial charge in [-0.05, 0) is 36.4 Å². The molecule has 0 heterocycles. The number of nitrogens with one attached hydrogen (secondary N) is 1. The summed E-state index contributed by atoms with van der Waals surface area (Å²) in [6.07, 6.45) is 0. The second kappa shape index (κ2) is 4.62. The molecule has 0 aliphatic carbocycles. The average molecular weight is 230 g/mol. The molecule has 0 atom stereocenters. The van der Waals surface area contributed by atoms with Crippen LogP contribution in [0.3, 0.4) is 0 Å². The van der Waals surface area contributed by atoms with E-state index in [9.17, 15) is 8.78 Å². The third kappa shape index (κ3) is 2.58. The molecular formula is C13H8F2N2. The molecule has 0 aromatic heterocycles. The van der Waals surface area contributed by atoms with Crippen molar-refractivity contribution < 1.29 is 8.78 Å². The molecule has 0 amide bonds. The van der Waals surface area contributed by atoms with Crippen LogP contribution in [0.2, 0.25) is 0 Å². The van der Waals surface area contributed by atoms with Gasteiger partial charge in [0.15, 0.2) is 0 Å². The summed E-state index contributed by atoms with van der Waals surface area (Å²) in [5.74, 6) is -0.974. The number of hydrogen-bond donors (Lipinski definition) is 1. The van der Waals surface area contributed by atoms with E-state index in [-0.39, 0.29) is 11.4 Å². The second-order valence-corrected chi connectivity index (χ2v) is 3.44. The zero-order valence-electron chi connectivity index (χ0n) is 8.74. The molecule has 2 rings (SSSR count). The largest absolute Gasteiger partial charge is 0.355 e. The minimum Gasteiger partial charge on any atom is -0.355 e. The highest BCUT2D eigenvalue weighted by atomic mass is 19.1. The summed E-state index contributed by atoms with van der Waals surface area (Å²) < 4.78 is 26.2. The van der Waals surface area contributed by atoms with E-state index in [2.05, 4.69) is 5.32 Å². The van der Waals surface area contributed by atoms with Gasteiger partial charge < -0.3 is 5.32 Å². The lowest BCUT2D eigenvalue weighted by Gasteiger charge is -2.06. The van der Waals surface area contributed by atoms with E-state index in [1.165, 1.54) is 24.3 Å². The lowest BCUT2D eigenvalue weighted by molar-refractivity contribution is 0.624. The molecular weight excluding hydrogens is 222 g/mol. The van der Waals surface area contributed by atoms with Gasteiger partial charge in [-0.2, -0.15) is 5.26 Å². The monoisotopic (exact) mass is 230 g/mol. The molecule has 0 spiro atoms. The van der Waals surface area contributed by atoms with Gasteiger partial charge in [0.1, 0.15) is 17.7 Å². The maximum Gasteiger partial charge on any atom is 0.143 e. The molecule has 0 radical (unpaired) electrons. The first-order valence-electron chi connectivity index (χ1n) is 4.91. The fraction of sp³-hybridized carbons (Fsp3) is 0. The Balaban J connectivity index is 2.25. The number of rotatable bonds is 2. The summed E-state index contributed by atoms with van der Waals surface area (Å²) in [5.41, 5.74) is 0.969. The van der Waals surface area contributed by atoms with Crippen LogP contribution in [0.1, 0.15) is 5.56 Å². The topological polar surface area (TPSA) is 35.8 Å². The van der Waals surface area contributed by atoms with E-state index < -0.39 is 5.82 Å². The Morgan fingerprint density at radius 3 is 2.41 bits per heavy atom. The lowest BCUT2D eigenvalue weighted by Crippen LogP contribution is -1.93. The highest BCUT2D eigenvalue weighted by Crippen LogP contribution is 2.19. The van der Waals surface area contributed by atoms with Gasteiger partial charge >= 0.3 is 0 Å². The van der Waals surface area contributed by atoms with Crippen molar-refractivity contribution in [3.05, 3.63) is 59.7 Å². The van der Waals surface area contributed by atoms with Crippen molar-refractivity contribution in [1.29, 1.82) is 5.26 Å². The van der Waals surface area contributed by atoms with Crippen LogP contribution >= 0.6 is 0 Å². The first-order chi connectivity index (χ1) is 8.19. The average Bonchev–Trinajstić information content (AvgIpc) is 2.29. The minimum atomic E-state index is -0.603. The van der Waals surface area contributed by atoms with Gasteiger partial charge in [-0.3, -0.25) is 0 Å². The van der Waals surface area contributed by atoms with Gasteiger partial charge in [0, 0.05) is 11.4 Å². The predicted molar refractivity (Wildman–Crippen MR) is 60.8 cm³/mol. The van der Waals surface area contributed by atoms with E-state index in [4.69, 9.17) is 5.26 Å². The molecule has 1 N–H and O–H groups in total. The quantitative estimate of drug-likeness (QED) is 0.855. The molecule has 17 heavy (non-hydrogen) atoms. The third-order valence-corrected chi connectivity index (χ3v) is 2.20. The fourth-order valence-corrected chi connectivity index (χ4v) is 1.42. The van der Waals surface area contributed by atoms with Crippen LogP contribution in [0.4, 0.5) is 20.2 Å². The van der Waals surface area contributed by atoms with Gasteiger partial charge in [-0.15, -0.1) is 0 Å². The van der Waals surface area contributed by atoms with Crippen molar-refractivity contribution >= 4 is 11.4 Å². The van der Waals surface area contributed by atoms with E-state index in [1.807, 2.05) is 0 Å². The molecule has 4 heteroatoms. The Bertz CT molecular complexity index is 588. The molecule has 0 saturated heterocycles. The van der Waals surface area contributed by atoms with Gasteiger partial charge in [0.05, 0.1) is 5.56 Å². The molecule has 0 aliphatic heterocycles. The van der Waals surface area contributed by atoms with Crippen molar-refractivity contribution in [3.8, 4) is 6.07 Å². The summed E-state index contributed by atoms with van der Waals surface area (Å²) in [6.45, 7) is 0. The van der Waals surface area contributed by atoms with Crippen LogP contribution in [0.5, 0.6) is 0 Å². The highest BCUT2D eigenvalue weighted by molar-refractivity contribution is 5.60. The van der Waals surface area contributed by atoms with Crippen LogP contribution in [0, 0.1) is 23.0 Å². The van der Waals surface area contributed by atoms with Crippen molar-refractivity contribution in [1.82, 2.24) is 0 Å². The zero-order chi connectivity index (χ0) is 12.3. The van der Waals surface area contributed by atoms with Gasteiger partial charge in [0.2, 0.25) is 0 Å². The number of anilines is 2. The summed E-state index contributed by atoms with van der Waals surface area (Å²) in [5, 5.41) is 11.4. The first-order valence-corrected chi connectivity index (χ1v) is 4.91. The van der Waals surface area contributed by atoms with Crippen LogP contribution < -0.4 is 5.32 Å².